The second-order valence-corrected chi connectivity index (χ2v) is 5.06. The van der Waals surface area contributed by atoms with E-state index >= 15 is 0 Å². The summed E-state index contributed by atoms with van der Waals surface area (Å²) in [5.41, 5.74) is 4.49. The van der Waals surface area contributed by atoms with Gasteiger partial charge in [0.15, 0.2) is 0 Å². The van der Waals surface area contributed by atoms with Crippen molar-refractivity contribution in [3.63, 3.8) is 0 Å². The van der Waals surface area contributed by atoms with Crippen LogP contribution in [0.15, 0.2) is 30.5 Å². The van der Waals surface area contributed by atoms with E-state index in [0.29, 0.717) is 10.6 Å². The highest BCUT2D eigenvalue weighted by molar-refractivity contribution is 6.30. The van der Waals surface area contributed by atoms with Crippen LogP contribution >= 0.6 is 11.6 Å². The predicted molar refractivity (Wildman–Crippen MR) is 77.1 cm³/mol. The number of benzene rings is 1. The molecule has 1 N–H and O–H groups in total. The van der Waals surface area contributed by atoms with Gasteiger partial charge >= 0.3 is 0 Å². The topological polar surface area (TPSA) is 56.1 Å². The molecule has 5 nitrogen and oxygen atoms in total. The number of hydrogen-bond acceptors (Lipinski definition) is 3. The van der Waals surface area contributed by atoms with Crippen molar-refractivity contribution in [3.8, 4) is 5.69 Å². The van der Waals surface area contributed by atoms with Crippen LogP contribution in [-0.4, -0.2) is 22.8 Å². The zero-order valence-corrected chi connectivity index (χ0v) is 12.3. The molecule has 0 fully saturated rings. The lowest BCUT2D eigenvalue weighted by Gasteiger charge is -2.12. The van der Waals surface area contributed by atoms with E-state index in [1.807, 2.05) is 26.0 Å². The zero-order chi connectivity index (χ0) is 14.7. The lowest BCUT2D eigenvalue weighted by molar-refractivity contribution is 0.0536. The van der Waals surface area contributed by atoms with Crippen molar-refractivity contribution in [2.45, 2.75) is 19.8 Å². The van der Waals surface area contributed by atoms with E-state index in [4.69, 9.17) is 11.6 Å². The average Bonchev–Trinajstić information content (AvgIpc) is 2.84. The number of rotatable bonds is 4. The van der Waals surface area contributed by atoms with Gasteiger partial charge in [-0.1, -0.05) is 25.4 Å². The molecular weight excluding hydrogens is 278 g/mol. The van der Waals surface area contributed by atoms with Crippen molar-refractivity contribution < 1.29 is 9.63 Å². The number of halogens is 1. The molecule has 2 rings (SSSR count). The van der Waals surface area contributed by atoms with Crippen molar-refractivity contribution >= 4 is 17.5 Å². The summed E-state index contributed by atoms with van der Waals surface area (Å²) in [5.74, 6) is -0.179. The molecule has 0 spiro atoms. The van der Waals surface area contributed by atoms with Crippen molar-refractivity contribution in [2.24, 2.45) is 0 Å². The van der Waals surface area contributed by atoms with Gasteiger partial charge in [0.05, 0.1) is 30.3 Å². The average molecular weight is 294 g/mol. The van der Waals surface area contributed by atoms with E-state index in [9.17, 15) is 4.79 Å². The summed E-state index contributed by atoms with van der Waals surface area (Å²) in [4.78, 5) is 16.6. The first-order chi connectivity index (χ1) is 9.54. The Bertz CT molecular complexity index is 605. The Balaban J connectivity index is 2.49. The van der Waals surface area contributed by atoms with Gasteiger partial charge in [-0.05, 0) is 30.2 Å². The predicted octanol–water partition coefficient (Wildman–Crippen LogP) is 2.94. The van der Waals surface area contributed by atoms with Gasteiger partial charge in [-0.25, -0.2) is 10.2 Å². The third-order valence-electron chi connectivity index (χ3n) is 2.86. The molecule has 106 valence electrons. The summed E-state index contributed by atoms with van der Waals surface area (Å²) in [6, 6.07) is 7.30. The number of carbonyl (C=O) groups excluding carboxylic acids is 1. The van der Waals surface area contributed by atoms with Crippen LogP contribution in [0.1, 0.15) is 35.8 Å². The van der Waals surface area contributed by atoms with Gasteiger partial charge in [-0.3, -0.25) is 9.63 Å². The highest BCUT2D eigenvalue weighted by atomic mass is 35.5. The summed E-state index contributed by atoms with van der Waals surface area (Å²) in [5, 5.41) is 4.95. The number of hydroxylamine groups is 1. The fourth-order valence-electron chi connectivity index (χ4n) is 2.02. The molecule has 2 aromatic rings. The first-order valence-corrected chi connectivity index (χ1v) is 6.59. The smallest absolute Gasteiger partial charge is 0.277 e. The molecule has 0 aliphatic rings. The lowest BCUT2D eigenvalue weighted by atomic mass is 10.1. The minimum absolute atomic E-state index is 0.130. The SMILES string of the molecule is CONC(=O)c1cnn(-c2ccc(Cl)cc2)c1C(C)C. The van der Waals surface area contributed by atoms with Crippen LogP contribution in [0.25, 0.3) is 5.69 Å². The Kier molecular flexibility index (Phi) is 4.42. The quantitative estimate of drug-likeness (QED) is 0.882. The molecule has 0 aliphatic carbocycles. The molecule has 20 heavy (non-hydrogen) atoms. The number of carbonyl (C=O) groups is 1. The minimum Gasteiger partial charge on any atom is -0.277 e. The molecule has 0 atom stereocenters. The van der Waals surface area contributed by atoms with E-state index in [-0.39, 0.29) is 11.8 Å². The highest BCUT2D eigenvalue weighted by Crippen LogP contribution is 2.23. The molecule has 1 aromatic heterocycles. The number of nitrogens with zero attached hydrogens (tertiary/aromatic N) is 2. The van der Waals surface area contributed by atoms with Crippen LogP contribution in [0.5, 0.6) is 0 Å². The van der Waals surface area contributed by atoms with E-state index in [2.05, 4.69) is 15.4 Å². The second-order valence-electron chi connectivity index (χ2n) is 4.62. The normalized spacial score (nSPS) is 10.8. The van der Waals surface area contributed by atoms with Gasteiger partial charge in [-0.15, -0.1) is 0 Å². The summed E-state index contributed by atoms with van der Waals surface area (Å²) in [7, 11) is 1.40. The standard InChI is InChI=1S/C14H16ClN3O2/c1-9(2)13-12(14(19)17-20-3)8-16-18(13)11-6-4-10(15)5-7-11/h4-9H,1-3H3,(H,17,19). The van der Waals surface area contributed by atoms with Crippen LogP contribution in [0.4, 0.5) is 0 Å². The number of hydrogen-bond donors (Lipinski definition) is 1. The van der Waals surface area contributed by atoms with Crippen molar-refractivity contribution in [3.05, 3.63) is 46.7 Å². The van der Waals surface area contributed by atoms with Gasteiger partial charge in [-0.2, -0.15) is 5.10 Å². The highest BCUT2D eigenvalue weighted by Gasteiger charge is 2.20. The number of amides is 1. The molecule has 1 amide bonds. The molecular formula is C14H16ClN3O2. The Morgan fingerprint density at radius 2 is 2.00 bits per heavy atom. The van der Waals surface area contributed by atoms with Crippen molar-refractivity contribution in [1.82, 2.24) is 15.3 Å². The molecule has 0 saturated carbocycles. The zero-order valence-electron chi connectivity index (χ0n) is 11.6. The largest absolute Gasteiger partial charge is 0.278 e. The third-order valence-corrected chi connectivity index (χ3v) is 3.12. The molecule has 1 aromatic carbocycles. The van der Waals surface area contributed by atoms with Crippen molar-refractivity contribution in [2.75, 3.05) is 7.11 Å². The maximum absolute atomic E-state index is 12.0. The molecule has 0 saturated heterocycles. The second kappa shape index (κ2) is 6.07. The molecule has 1 heterocycles. The third kappa shape index (κ3) is 2.84. The fraction of sp³-hybridized carbons (Fsp3) is 0.286. The fourth-order valence-corrected chi connectivity index (χ4v) is 2.15. The Morgan fingerprint density at radius 3 is 2.55 bits per heavy atom. The van der Waals surface area contributed by atoms with Crippen LogP contribution in [0.2, 0.25) is 5.02 Å². The van der Waals surface area contributed by atoms with Gasteiger partial charge in [0.25, 0.3) is 5.91 Å². The van der Waals surface area contributed by atoms with E-state index in [0.717, 1.165) is 11.4 Å². The van der Waals surface area contributed by atoms with Crippen LogP contribution in [0, 0.1) is 0 Å². The van der Waals surface area contributed by atoms with E-state index in [1.54, 1.807) is 16.8 Å². The van der Waals surface area contributed by atoms with Crippen molar-refractivity contribution in [1.29, 1.82) is 0 Å². The Hall–Kier alpha value is -1.85. The van der Waals surface area contributed by atoms with E-state index in [1.165, 1.54) is 13.3 Å². The first-order valence-electron chi connectivity index (χ1n) is 6.21. The minimum atomic E-state index is -0.309. The van der Waals surface area contributed by atoms with Crippen LogP contribution < -0.4 is 5.48 Å². The Morgan fingerprint density at radius 1 is 1.35 bits per heavy atom. The first kappa shape index (κ1) is 14.6. The summed E-state index contributed by atoms with van der Waals surface area (Å²) < 4.78 is 1.74. The van der Waals surface area contributed by atoms with Crippen LogP contribution in [0.3, 0.4) is 0 Å². The summed E-state index contributed by atoms with van der Waals surface area (Å²) in [6.45, 7) is 4.01. The molecule has 0 aliphatic heterocycles. The maximum atomic E-state index is 12.0. The summed E-state index contributed by atoms with van der Waals surface area (Å²) >= 11 is 5.89. The van der Waals surface area contributed by atoms with Gasteiger partial charge in [0.1, 0.15) is 0 Å². The lowest BCUT2D eigenvalue weighted by Crippen LogP contribution is -2.23. The molecule has 0 unspecified atom stereocenters. The maximum Gasteiger partial charge on any atom is 0.278 e. The van der Waals surface area contributed by atoms with E-state index < -0.39 is 0 Å². The monoisotopic (exact) mass is 293 g/mol. The number of aromatic nitrogens is 2. The number of nitrogens with one attached hydrogen (secondary N) is 1. The van der Waals surface area contributed by atoms with Gasteiger partial charge < -0.3 is 0 Å². The molecule has 0 radical (unpaired) electrons. The van der Waals surface area contributed by atoms with Gasteiger partial charge in [0, 0.05) is 5.02 Å². The van der Waals surface area contributed by atoms with Crippen LogP contribution in [-0.2, 0) is 4.84 Å². The summed E-state index contributed by atoms with van der Waals surface area (Å²) in [6.07, 6.45) is 1.54. The molecule has 6 heteroatoms. The Labute approximate surface area is 122 Å². The molecule has 0 bridgehead atoms. The van der Waals surface area contributed by atoms with Gasteiger partial charge in [0.2, 0.25) is 0 Å².